The molecule has 0 aliphatic carbocycles. The van der Waals surface area contributed by atoms with Gasteiger partial charge in [0.15, 0.2) is 23.0 Å². The van der Waals surface area contributed by atoms with E-state index in [9.17, 15) is 9.59 Å². The summed E-state index contributed by atoms with van der Waals surface area (Å²) in [4.78, 5) is 31.8. The Balaban J connectivity index is 1.73. The second-order valence-corrected chi connectivity index (χ2v) is 9.99. The lowest BCUT2D eigenvalue weighted by Crippen LogP contribution is -2.48. The van der Waals surface area contributed by atoms with E-state index >= 15 is 0 Å². The van der Waals surface area contributed by atoms with Crippen molar-refractivity contribution in [2.45, 2.75) is 25.4 Å². The average Bonchev–Trinajstić information content (AvgIpc) is 3.04. The Morgan fingerprint density at radius 2 is 1.24 bits per heavy atom. The molecular formula is C34H34N2O6. The summed E-state index contributed by atoms with van der Waals surface area (Å²) >= 11 is 0. The minimum absolute atomic E-state index is 0.137. The van der Waals surface area contributed by atoms with Gasteiger partial charge in [0, 0.05) is 40.6 Å². The molecule has 2 unspecified atom stereocenters. The molecule has 0 radical (unpaired) electrons. The Kier molecular flexibility index (Phi) is 8.33. The number of amides is 2. The van der Waals surface area contributed by atoms with Gasteiger partial charge in [-0.3, -0.25) is 9.59 Å². The van der Waals surface area contributed by atoms with Crippen molar-refractivity contribution in [3.8, 4) is 23.0 Å². The van der Waals surface area contributed by atoms with E-state index in [-0.39, 0.29) is 17.9 Å². The van der Waals surface area contributed by atoms with Crippen molar-refractivity contribution in [3.63, 3.8) is 0 Å². The molecule has 4 aromatic rings. The van der Waals surface area contributed by atoms with Crippen LogP contribution in [0.5, 0.6) is 23.0 Å². The van der Waals surface area contributed by atoms with E-state index in [0.717, 1.165) is 5.56 Å². The monoisotopic (exact) mass is 566 g/mol. The molecule has 2 atom stereocenters. The van der Waals surface area contributed by atoms with Crippen LogP contribution in [0.4, 0.5) is 11.4 Å². The number of rotatable bonds is 8. The van der Waals surface area contributed by atoms with E-state index < -0.39 is 6.04 Å². The lowest BCUT2D eigenvalue weighted by Gasteiger charge is -2.44. The van der Waals surface area contributed by atoms with Crippen molar-refractivity contribution < 1.29 is 28.5 Å². The molecule has 0 saturated heterocycles. The molecule has 8 nitrogen and oxygen atoms in total. The summed E-state index contributed by atoms with van der Waals surface area (Å²) < 4.78 is 22.4. The lowest BCUT2D eigenvalue weighted by molar-refractivity contribution is 0.0965. The van der Waals surface area contributed by atoms with Crippen LogP contribution in [0.25, 0.3) is 0 Å². The number of nitrogens with zero attached hydrogens (tertiary/aromatic N) is 2. The molecule has 5 rings (SSSR count). The van der Waals surface area contributed by atoms with Crippen LogP contribution >= 0.6 is 0 Å². The molecule has 0 saturated carbocycles. The zero-order valence-corrected chi connectivity index (χ0v) is 24.4. The molecule has 0 spiro atoms. The predicted molar refractivity (Wildman–Crippen MR) is 162 cm³/mol. The second-order valence-electron chi connectivity index (χ2n) is 9.99. The Morgan fingerprint density at radius 3 is 1.83 bits per heavy atom. The summed E-state index contributed by atoms with van der Waals surface area (Å²) in [5.41, 5.74) is 3.14. The summed E-state index contributed by atoms with van der Waals surface area (Å²) in [6, 6.07) is 26.7. The topological polar surface area (TPSA) is 77.5 Å². The van der Waals surface area contributed by atoms with Gasteiger partial charge in [-0.05, 0) is 55.8 Å². The Morgan fingerprint density at radius 1 is 0.690 bits per heavy atom. The standard InChI is InChI=1S/C34H34N2O6/c1-22-18-27(36(34(38)24-14-10-7-11-15-24)25-16-17-29(39-2)30(19-25)40-3)26-20-31(41-4)32(42-5)21-28(26)35(22)33(37)23-12-8-6-9-13-23/h6-17,19-22,27H,18H2,1-5H3. The molecule has 0 aromatic heterocycles. The third-order valence-corrected chi connectivity index (χ3v) is 7.59. The van der Waals surface area contributed by atoms with Crippen molar-refractivity contribution in [3.05, 3.63) is 108 Å². The molecule has 42 heavy (non-hydrogen) atoms. The minimum atomic E-state index is -0.458. The third kappa shape index (κ3) is 5.23. The van der Waals surface area contributed by atoms with E-state index in [1.165, 1.54) is 0 Å². The Labute approximate surface area is 246 Å². The molecule has 2 amide bonds. The van der Waals surface area contributed by atoms with Crippen LogP contribution in [-0.2, 0) is 0 Å². The molecule has 0 bridgehead atoms. The zero-order valence-electron chi connectivity index (χ0n) is 24.4. The van der Waals surface area contributed by atoms with Crippen LogP contribution < -0.4 is 28.7 Å². The van der Waals surface area contributed by atoms with Gasteiger partial charge in [0.05, 0.1) is 40.2 Å². The van der Waals surface area contributed by atoms with Crippen molar-refractivity contribution in [1.29, 1.82) is 0 Å². The molecule has 216 valence electrons. The molecule has 0 N–H and O–H groups in total. The first-order valence-corrected chi connectivity index (χ1v) is 13.7. The highest BCUT2D eigenvalue weighted by molar-refractivity contribution is 6.09. The lowest BCUT2D eigenvalue weighted by atomic mass is 9.88. The number of carbonyl (C=O) groups excluding carboxylic acids is 2. The van der Waals surface area contributed by atoms with E-state index in [1.807, 2.05) is 61.5 Å². The van der Waals surface area contributed by atoms with E-state index in [2.05, 4.69) is 0 Å². The minimum Gasteiger partial charge on any atom is -0.493 e. The van der Waals surface area contributed by atoms with Gasteiger partial charge in [-0.25, -0.2) is 0 Å². The molecule has 1 heterocycles. The highest BCUT2D eigenvalue weighted by Gasteiger charge is 2.40. The zero-order chi connectivity index (χ0) is 29.8. The average molecular weight is 567 g/mol. The van der Waals surface area contributed by atoms with E-state index in [4.69, 9.17) is 18.9 Å². The number of methoxy groups -OCH3 is 4. The third-order valence-electron chi connectivity index (χ3n) is 7.59. The van der Waals surface area contributed by atoms with Gasteiger partial charge in [-0.1, -0.05) is 36.4 Å². The summed E-state index contributed by atoms with van der Waals surface area (Å²) in [7, 11) is 6.26. The van der Waals surface area contributed by atoms with Gasteiger partial charge < -0.3 is 28.7 Å². The highest BCUT2D eigenvalue weighted by Crippen LogP contribution is 2.48. The fourth-order valence-corrected chi connectivity index (χ4v) is 5.56. The first-order chi connectivity index (χ1) is 20.4. The predicted octanol–water partition coefficient (Wildman–Crippen LogP) is 6.55. The van der Waals surface area contributed by atoms with Crippen molar-refractivity contribution in [1.82, 2.24) is 0 Å². The smallest absolute Gasteiger partial charge is 0.258 e. The maximum Gasteiger partial charge on any atom is 0.258 e. The van der Waals surface area contributed by atoms with Gasteiger partial charge >= 0.3 is 0 Å². The number of hydrogen-bond acceptors (Lipinski definition) is 6. The van der Waals surface area contributed by atoms with Crippen LogP contribution in [0.3, 0.4) is 0 Å². The highest BCUT2D eigenvalue weighted by atomic mass is 16.5. The molecular weight excluding hydrogens is 532 g/mol. The largest absolute Gasteiger partial charge is 0.493 e. The van der Waals surface area contributed by atoms with Gasteiger partial charge in [0.25, 0.3) is 11.8 Å². The van der Waals surface area contributed by atoms with Gasteiger partial charge in [0.1, 0.15) is 0 Å². The normalized spacial score (nSPS) is 15.8. The van der Waals surface area contributed by atoms with Crippen molar-refractivity contribution in [2.24, 2.45) is 0 Å². The van der Waals surface area contributed by atoms with Crippen molar-refractivity contribution in [2.75, 3.05) is 38.2 Å². The van der Waals surface area contributed by atoms with Crippen LogP contribution in [0, 0.1) is 0 Å². The van der Waals surface area contributed by atoms with Crippen LogP contribution in [0.15, 0.2) is 91.0 Å². The van der Waals surface area contributed by atoms with Crippen LogP contribution in [-0.4, -0.2) is 46.3 Å². The number of hydrogen-bond donors (Lipinski definition) is 0. The van der Waals surface area contributed by atoms with E-state index in [1.54, 1.807) is 74.6 Å². The molecule has 8 heteroatoms. The first-order valence-electron chi connectivity index (χ1n) is 13.7. The van der Waals surface area contributed by atoms with Gasteiger partial charge in [-0.2, -0.15) is 0 Å². The Hall–Kier alpha value is -4.98. The maximum atomic E-state index is 14.3. The van der Waals surface area contributed by atoms with Crippen LogP contribution in [0.2, 0.25) is 0 Å². The number of carbonyl (C=O) groups is 2. The second kappa shape index (κ2) is 12.3. The number of ether oxygens (including phenoxy) is 4. The summed E-state index contributed by atoms with van der Waals surface area (Å²) in [6.45, 7) is 1.99. The van der Waals surface area contributed by atoms with Crippen LogP contribution in [0.1, 0.15) is 45.7 Å². The number of benzene rings is 4. The van der Waals surface area contributed by atoms with Gasteiger partial charge in [-0.15, -0.1) is 0 Å². The number of anilines is 2. The summed E-state index contributed by atoms with van der Waals surface area (Å²) in [5, 5.41) is 0. The molecule has 1 aliphatic rings. The summed E-state index contributed by atoms with van der Waals surface area (Å²) in [5.74, 6) is 1.71. The quantitative estimate of drug-likeness (QED) is 0.241. The molecule has 0 fully saturated rings. The first kappa shape index (κ1) is 28.5. The van der Waals surface area contributed by atoms with Crippen molar-refractivity contribution >= 4 is 23.2 Å². The SMILES string of the molecule is COc1ccc(N(C(=O)c2ccccc2)C2CC(C)N(C(=O)c3ccccc3)c3cc(OC)c(OC)cc32)cc1OC. The Bertz CT molecular complexity index is 1570. The molecule has 1 aliphatic heterocycles. The maximum absolute atomic E-state index is 14.3. The van der Waals surface area contributed by atoms with Gasteiger partial charge in [0.2, 0.25) is 0 Å². The fraction of sp³-hybridized carbons (Fsp3) is 0.235. The number of fused-ring (bicyclic) bond motifs is 1. The summed E-state index contributed by atoms with van der Waals surface area (Å²) in [6.07, 6.45) is 0.466. The van der Waals surface area contributed by atoms with E-state index in [0.29, 0.717) is 51.9 Å². The molecule has 4 aromatic carbocycles. The fourth-order valence-electron chi connectivity index (χ4n) is 5.56.